The zero-order chi connectivity index (χ0) is 13.5. The van der Waals surface area contributed by atoms with Gasteiger partial charge in [0.05, 0.1) is 6.10 Å². The van der Waals surface area contributed by atoms with Crippen LogP contribution in [0, 0.1) is 5.92 Å². The molecular formula is C13H24INO3. The van der Waals surface area contributed by atoms with E-state index in [9.17, 15) is 9.90 Å². The zero-order valence-corrected chi connectivity index (χ0v) is 13.4. The molecule has 18 heavy (non-hydrogen) atoms. The van der Waals surface area contributed by atoms with Crippen molar-refractivity contribution in [3.05, 3.63) is 0 Å². The Morgan fingerprint density at radius 1 is 1.56 bits per heavy atom. The van der Waals surface area contributed by atoms with Crippen molar-refractivity contribution in [2.45, 2.75) is 44.8 Å². The summed E-state index contributed by atoms with van der Waals surface area (Å²) in [4.78, 5) is 13.3. The van der Waals surface area contributed by atoms with E-state index in [2.05, 4.69) is 34.5 Å². The second kappa shape index (κ2) is 8.32. The lowest BCUT2D eigenvalue weighted by Crippen LogP contribution is -2.48. The van der Waals surface area contributed by atoms with Crippen molar-refractivity contribution in [3.63, 3.8) is 0 Å². The lowest BCUT2D eigenvalue weighted by Gasteiger charge is -2.38. The molecule has 1 aliphatic heterocycles. The van der Waals surface area contributed by atoms with Crippen LogP contribution >= 0.6 is 22.6 Å². The van der Waals surface area contributed by atoms with E-state index in [0.29, 0.717) is 0 Å². The van der Waals surface area contributed by atoms with Gasteiger partial charge in [-0.3, -0.25) is 4.79 Å². The zero-order valence-electron chi connectivity index (χ0n) is 11.3. The maximum Gasteiger partial charge on any atom is 0.302 e. The minimum absolute atomic E-state index is 0.0573. The number of aliphatic hydroxyl groups excluding tert-OH is 1. The van der Waals surface area contributed by atoms with Crippen LogP contribution in [0.2, 0.25) is 0 Å². The molecule has 0 aromatic rings. The van der Waals surface area contributed by atoms with Gasteiger partial charge in [0.25, 0.3) is 0 Å². The molecule has 106 valence electrons. The number of halogens is 1. The van der Waals surface area contributed by atoms with E-state index in [1.807, 2.05) is 0 Å². The number of ether oxygens (including phenoxy) is 1. The molecule has 1 N–H and O–H groups in total. The van der Waals surface area contributed by atoms with Gasteiger partial charge in [-0.15, -0.1) is 0 Å². The molecule has 1 saturated heterocycles. The standard InChI is InChI=1S/C13H24INO3/c1-10(16)18-13-6-8-15(2)9-11(13)12(17)5-3-4-7-14/h11-13,17H,3-9H2,1-2H3. The average molecular weight is 369 g/mol. The molecule has 3 atom stereocenters. The van der Waals surface area contributed by atoms with Crippen molar-refractivity contribution < 1.29 is 14.6 Å². The maximum atomic E-state index is 11.1. The molecule has 3 unspecified atom stereocenters. The van der Waals surface area contributed by atoms with E-state index in [0.717, 1.165) is 43.2 Å². The molecule has 0 spiro atoms. The number of hydrogen-bond acceptors (Lipinski definition) is 4. The summed E-state index contributed by atoms with van der Waals surface area (Å²) in [5.41, 5.74) is 0. The molecule has 0 aliphatic carbocycles. The fourth-order valence-electron chi connectivity index (χ4n) is 2.52. The summed E-state index contributed by atoms with van der Waals surface area (Å²) in [7, 11) is 2.05. The van der Waals surface area contributed by atoms with E-state index in [1.165, 1.54) is 6.92 Å². The Kier molecular flexibility index (Phi) is 7.48. The molecule has 1 fully saturated rings. The Morgan fingerprint density at radius 3 is 2.89 bits per heavy atom. The highest BCUT2D eigenvalue weighted by atomic mass is 127. The molecule has 0 bridgehead atoms. The third-order valence-corrected chi connectivity index (χ3v) is 4.25. The minimum atomic E-state index is -0.361. The van der Waals surface area contributed by atoms with Crippen molar-refractivity contribution >= 4 is 28.6 Å². The van der Waals surface area contributed by atoms with Crippen LogP contribution in [0.3, 0.4) is 0 Å². The highest BCUT2D eigenvalue weighted by Gasteiger charge is 2.34. The van der Waals surface area contributed by atoms with E-state index in [4.69, 9.17) is 4.74 Å². The Balaban J connectivity index is 2.51. The number of hydrogen-bond donors (Lipinski definition) is 1. The van der Waals surface area contributed by atoms with Crippen LogP contribution in [0.5, 0.6) is 0 Å². The summed E-state index contributed by atoms with van der Waals surface area (Å²) in [6.07, 6.45) is 3.33. The largest absolute Gasteiger partial charge is 0.462 e. The van der Waals surface area contributed by atoms with Crippen molar-refractivity contribution in [2.75, 3.05) is 24.6 Å². The second-order valence-corrected chi connectivity index (χ2v) is 6.19. The summed E-state index contributed by atoms with van der Waals surface area (Å²) >= 11 is 2.35. The first kappa shape index (κ1) is 16.2. The molecule has 1 rings (SSSR count). The minimum Gasteiger partial charge on any atom is -0.462 e. The molecule has 1 heterocycles. The molecule has 0 radical (unpaired) electrons. The number of likely N-dealkylation sites (tertiary alicyclic amines) is 1. The first-order valence-corrected chi connectivity index (χ1v) is 8.17. The lowest BCUT2D eigenvalue weighted by molar-refractivity contribution is -0.155. The van der Waals surface area contributed by atoms with Gasteiger partial charge in [0.2, 0.25) is 0 Å². The number of aliphatic hydroxyl groups is 1. The van der Waals surface area contributed by atoms with Gasteiger partial charge < -0.3 is 14.7 Å². The van der Waals surface area contributed by atoms with Gasteiger partial charge in [-0.1, -0.05) is 29.0 Å². The summed E-state index contributed by atoms with van der Waals surface area (Å²) < 4.78 is 6.48. The third kappa shape index (κ3) is 5.40. The van der Waals surface area contributed by atoms with Crippen LogP contribution in [-0.4, -0.2) is 52.7 Å². The number of esters is 1. The third-order valence-electron chi connectivity index (χ3n) is 3.49. The predicted octanol–water partition coefficient (Wildman–Crippen LogP) is 1.84. The number of carbonyl (C=O) groups excluding carboxylic acids is 1. The SMILES string of the molecule is CC(=O)OC1CCN(C)CC1C(O)CCCCI. The normalized spacial score (nSPS) is 26.9. The molecule has 0 aromatic carbocycles. The molecule has 0 amide bonds. The summed E-state index contributed by atoms with van der Waals surface area (Å²) in [5, 5.41) is 10.3. The van der Waals surface area contributed by atoms with Crippen LogP contribution in [0.4, 0.5) is 0 Å². The summed E-state index contributed by atoms with van der Waals surface area (Å²) in [5.74, 6) is -0.184. The fraction of sp³-hybridized carbons (Fsp3) is 0.923. The number of alkyl halides is 1. The Hall–Kier alpha value is 0.120. The number of carbonyl (C=O) groups is 1. The van der Waals surface area contributed by atoms with Crippen LogP contribution in [-0.2, 0) is 9.53 Å². The van der Waals surface area contributed by atoms with Crippen molar-refractivity contribution in [3.8, 4) is 0 Å². The fourth-order valence-corrected chi connectivity index (χ4v) is 3.06. The number of unbranched alkanes of at least 4 members (excludes halogenated alkanes) is 1. The van der Waals surface area contributed by atoms with Gasteiger partial charge in [-0.05, 0) is 30.7 Å². The van der Waals surface area contributed by atoms with Gasteiger partial charge >= 0.3 is 5.97 Å². The number of piperidine rings is 1. The van der Waals surface area contributed by atoms with E-state index in [-0.39, 0.29) is 24.1 Å². The van der Waals surface area contributed by atoms with E-state index in [1.54, 1.807) is 0 Å². The van der Waals surface area contributed by atoms with Crippen LogP contribution in [0.25, 0.3) is 0 Å². The highest BCUT2D eigenvalue weighted by molar-refractivity contribution is 14.1. The number of nitrogens with zero attached hydrogens (tertiary/aromatic N) is 1. The van der Waals surface area contributed by atoms with Gasteiger partial charge in [0.15, 0.2) is 0 Å². The first-order chi connectivity index (χ1) is 8.54. The van der Waals surface area contributed by atoms with Crippen LogP contribution in [0.1, 0.15) is 32.6 Å². The monoisotopic (exact) mass is 369 g/mol. The molecule has 1 aliphatic rings. The van der Waals surface area contributed by atoms with Gasteiger partial charge in [-0.2, -0.15) is 0 Å². The summed E-state index contributed by atoms with van der Waals surface area (Å²) in [6.45, 7) is 3.18. The number of rotatable bonds is 6. The quantitative estimate of drug-likeness (QED) is 0.336. The summed E-state index contributed by atoms with van der Waals surface area (Å²) in [6, 6.07) is 0. The second-order valence-electron chi connectivity index (χ2n) is 5.11. The van der Waals surface area contributed by atoms with Crippen molar-refractivity contribution in [1.29, 1.82) is 0 Å². The predicted molar refractivity (Wildman–Crippen MR) is 79.9 cm³/mol. The average Bonchev–Trinajstić information content (AvgIpc) is 2.31. The lowest BCUT2D eigenvalue weighted by atomic mass is 9.87. The maximum absolute atomic E-state index is 11.1. The van der Waals surface area contributed by atoms with Gasteiger partial charge in [0.1, 0.15) is 6.10 Å². The molecule has 5 heteroatoms. The molecule has 0 aromatic heterocycles. The molecular weight excluding hydrogens is 345 g/mol. The Morgan fingerprint density at radius 2 is 2.28 bits per heavy atom. The topological polar surface area (TPSA) is 49.8 Å². The van der Waals surface area contributed by atoms with Crippen LogP contribution in [0.15, 0.2) is 0 Å². The van der Waals surface area contributed by atoms with E-state index >= 15 is 0 Å². The smallest absolute Gasteiger partial charge is 0.302 e. The Bertz CT molecular complexity index is 263. The first-order valence-electron chi connectivity index (χ1n) is 6.64. The molecule has 4 nitrogen and oxygen atoms in total. The van der Waals surface area contributed by atoms with Crippen molar-refractivity contribution in [1.82, 2.24) is 4.90 Å². The highest BCUT2D eigenvalue weighted by Crippen LogP contribution is 2.25. The van der Waals surface area contributed by atoms with Gasteiger partial charge in [-0.25, -0.2) is 0 Å². The van der Waals surface area contributed by atoms with Gasteiger partial charge in [0, 0.05) is 25.9 Å². The molecule has 0 saturated carbocycles. The van der Waals surface area contributed by atoms with Crippen LogP contribution < -0.4 is 0 Å². The van der Waals surface area contributed by atoms with E-state index < -0.39 is 0 Å². The van der Waals surface area contributed by atoms with Crippen molar-refractivity contribution in [2.24, 2.45) is 5.92 Å². The Labute approximate surface area is 123 Å².